The van der Waals surface area contributed by atoms with Crippen molar-refractivity contribution in [3.8, 4) is 11.5 Å². The maximum Gasteiger partial charge on any atom is 0.261 e. The topological polar surface area (TPSA) is 73.6 Å². The second kappa shape index (κ2) is 7.01. The van der Waals surface area contributed by atoms with Crippen molar-refractivity contribution < 1.29 is 14.6 Å². The van der Waals surface area contributed by atoms with E-state index in [2.05, 4.69) is 4.98 Å². The van der Waals surface area contributed by atoms with Crippen molar-refractivity contribution in [3.05, 3.63) is 64.2 Å². The van der Waals surface area contributed by atoms with Gasteiger partial charge in [-0.3, -0.25) is 9.36 Å². The number of ether oxygens (including phenoxy) is 2. The summed E-state index contributed by atoms with van der Waals surface area (Å²) in [5.74, 6) is 1.99. The van der Waals surface area contributed by atoms with Gasteiger partial charge in [-0.25, -0.2) is 4.98 Å². The Labute approximate surface area is 149 Å². The Bertz CT molecular complexity index is 1040. The molecular weight excluding hydrogens is 332 g/mol. The van der Waals surface area contributed by atoms with Gasteiger partial charge in [0, 0.05) is 13.2 Å². The van der Waals surface area contributed by atoms with E-state index in [1.165, 1.54) is 0 Å². The highest BCUT2D eigenvalue weighted by molar-refractivity contribution is 5.79. The van der Waals surface area contributed by atoms with Crippen LogP contribution in [-0.2, 0) is 6.54 Å². The van der Waals surface area contributed by atoms with Crippen LogP contribution in [0.4, 0.5) is 0 Å². The molecule has 2 aromatic carbocycles. The van der Waals surface area contributed by atoms with Gasteiger partial charge in [-0.15, -0.1) is 0 Å². The largest absolute Gasteiger partial charge is 0.454 e. The average Bonchev–Trinajstić information content (AvgIpc) is 3.14. The first-order valence-corrected chi connectivity index (χ1v) is 8.44. The van der Waals surface area contributed by atoms with Crippen molar-refractivity contribution >= 4 is 23.1 Å². The van der Waals surface area contributed by atoms with Gasteiger partial charge in [0.15, 0.2) is 11.5 Å². The minimum atomic E-state index is -0.102. The zero-order valence-corrected chi connectivity index (χ0v) is 14.1. The molecule has 0 unspecified atom stereocenters. The molecule has 132 valence electrons. The van der Waals surface area contributed by atoms with Gasteiger partial charge < -0.3 is 14.6 Å². The number of aromatic nitrogens is 2. The van der Waals surface area contributed by atoms with Gasteiger partial charge in [0.25, 0.3) is 5.56 Å². The smallest absolute Gasteiger partial charge is 0.261 e. The minimum Gasteiger partial charge on any atom is -0.454 e. The molecule has 4 rings (SSSR count). The molecule has 6 heteroatoms. The summed E-state index contributed by atoms with van der Waals surface area (Å²) in [6.45, 7) is 0.661. The molecule has 0 fully saturated rings. The van der Waals surface area contributed by atoms with E-state index >= 15 is 0 Å². The van der Waals surface area contributed by atoms with Crippen LogP contribution in [0.2, 0.25) is 0 Å². The van der Waals surface area contributed by atoms with Crippen LogP contribution in [0.1, 0.15) is 17.8 Å². The fourth-order valence-electron chi connectivity index (χ4n) is 2.94. The zero-order chi connectivity index (χ0) is 17.9. The number of fused-ring (bicyclic) bond motifs is 2. The fraction of sp³-hybridized carbons (Fsp3) is 0.200. The van der Waals surface area contributed by atoms with E-state index in [-0.39, 0.29) is 19.0 Å². The molecule has 26 heavy (non-hydrogen) atoms. The third-order valence-electron chi connectivity index (χ3n) is 4.25. The number of hydrogen-bond acceptors (Lipinski definition) is 5. The van der Waals surface area contributed by atoms with Gasteiger partial charge in [-0.2, -0.15) is 0 Å². The molecule has 0 bridgehead atoms. The van der Waals surface area contributed by atoms with Gasteiger partial charge in [-0.05, 0) is 42.3 Å². The lowest BCUT2D eigenvalue weighted by Gasteiger charge is -2.10. The maximum absolute atomic E-state index is 12.8. The first kappa shape index (κ1) is 16.4. The van der Waals surface area contributed by atoms with E-state index in [9.17, 15) is 4.79 Å². The second-order valence-corrected chi connectivity index (χ2v) is 5.97. The van der Waals surface area contributed by atoms with Gasteiger partial charge in [0.1, 0.15) is 5.82 Å². The number of nitrogens with zero attached hydrogens (tertiary/aromatic N) is 2. The van der Waals surface area contributed by atoms with Crippen molar-refractivity contribution in [1.82, 2.24) is 9.55 Å². The lowest BCUT2D eigenvalue weighted by molar-refractivity contribution is 0.174. The standard InChI is InChI=1S/C20H18N2O4/c23-11-3-10-22-19(21-16-5-2-1-4-15(16)20(22)24)9-7-14-6-8-17-18(12-14)26-13-25-17/h1-2,4-9,12,23H,3,10-11,13H2. The average molecular weight is 350 g/mol. The van der Waals surface area contributed by atoms with Crippen molar-refractivity contribution in [2.75, 3.05) is 13.4 Å². The first-order valence-electron chi connectivity index (χ1n) is 8.44. The Hall–Kier alpha value is -3.12. The Morgan fingerprint density at radius 3 is 2.85 bits per heavy atom. The Balaban J connectivity index is 1.75. The van der Waals surface area contributed by atoms with Crippen LogP contribution < -0.4 is 15.0 Å². The highest BCUT2D eigenvalue weighted by Gasteiger charge is 2.13. The summed E-state index contributed by atoms with van der Waals surface area (Å²) in [5.41, 5.74) is 1.47. The molecule has 2 heterocycles. The normalized spacial score (nSPS) is 13.0. The second-order valence-electron chi connectivity index (χ2n) is 5.97. The van der Waals surface area contributed by atoms with Crippen LogP contribution in [0.5, 0.6) is 11.5 Å². The molecule has 0 aliphatic carbocycles. The molecule has 1 aliphatic rings. The van der Waals surface area contributed by atoms with Crippen LogP contribution in [0.15, 0.2) is 47.3 Å². The van der Waals surface area contributed by atoms with Gasteiger partial charge >= 0.3 is 0 Å². The monoisotopic (exact) mass is 350 g/mol. The summed E-state index contributed by atoms with van der Waals surface area (Å²) in [6.07, 6.45) is 4.18. The number of para-hydroxylation sites is 1. The van der Waals surface area contributed by atoms with Crippen LogP contribution in [0.3, 0.4) is 0 Å². The lowest BCUT2D eigenvalue weighted by Crippen LogP contribution is -2.24. The molecule has 1 aliphatic heterocycles. The maximum atomic E-state index is 12.8. The van der Waals surface area contributed by atoms with Crippen molar-refractivity contribution in [3.63, 3.8) is 0 Å². The lowest BCUT2D eigenvalue weighted by atomic mass is 10.2. The SMILES string of the molecule is O=c1c2ccccc2nc(C=Cc2ccc3c(c2)OCO3)n1CCCO. The number of benzene rings is 2. The van der Waals surface area contributed by atoms with E-state index in [1.807, 2.05) is 48.6 Å². The van der Waals surface area contributed by atoms with E-state index in [1.54, 1.807) is 10.6 Å². The molecule has 0 saturated carbocycles. The van der Waals surface area contributed by atoms with Crippen LogP contribution in [0, 0.1) is 0 Å². The van der Waals surface area contributed by atoms with E-state index in [0.29, 0.717) is 35.4 Å². The van der Waals surface area contributed by atoms with Gasteiger partial charge in [0.2, 0.25) is 6.79 Å². The molecule has 0 radical (unpaired) electrons. The molecular formula is C20H18N2O4. The molecule has 0 atom stereocenters. The third-order valence-corrected chi connectivity index (χ3v) is 4.25. The first-order chi connectivity index (χ1) is 12.8. The number of aliphatic hydroxyl groups is 1. The molecule has 0 saturated heterocycles. The summed E-state index contributed by atoms with van der Waals surface area (Å²) in [4.78, 5) is 17.4. The Morgan fingerprint density at radius 1 is 1.12 bits per heavy atom. The highest BCUT2D eigenvalue weighted by Crippen LogP contribution is 2.32. The summed E-state index contributed by atoms with van der Waals surface area (Å²) < 4.78 is 12.3. The molecule has 6 nitrogen and oxygen atoms in total. The molecule has 0 spiro atoms. The van der Waals surface area contributed by atoms with Gasteiger partial charge in [0.05, 0.1) is 10.9 Å². The van der Waals surface area contributed by atoms with E-state index < -0.39 is 0 Å². The van der Waals surface area contributed by atoms with E-state index in [4.69, 9.17) is 14.6 Å². The van der Waals surface area contributed by atoms with Crippen LogP contribution in [0.25, 0.3) is 23.1 Å². The van der Waals surface area contributed by atoms with Crippen molar-refractivity contribution in [2.45, 2.75) is 13.0 Å². The molecule has 1 aromatic heterocycles. The van der Waals surface area contributed by atoms with E-state index in [0.717, 1.165) is 11.3 Å². The highest BCUT2D eigenvalue weighted by atomic mass is 16.7. The van der Waals surface area contributed by atoms with Crippen LogP contribution >= 0.6 is 0 Å². The number of aliphatic hydroxyl groups excluding tert-OH is 1. The predicted molar refractivity (Wildman–Crippen MR) is 99.2 cm³/mol. The van der Waals surface area contributed by atoms with Crippen molar-refractivity contribution in [2.24, 2.45) is 0 Å². The quantitative estimate of drug-likeness (QED) is 0.766. The fourth-order valence-corrected chi connectivity index (χ4v) is 2.94. The zero-order valence-electron chi connectivity index (χ0n) is 14.1. The molecule has 1 N–H and O–H groups in total. The number of rotatable bonds is 5. The molecule has 3 aromatic rings. The Kier molecular flexibility index (Phi) is 4.41. The summed E-state index contributed by atoms with van der Waals surface area (Å²) in [7, 11) is 0. The summed E-state index contributed by atoms with van der Waals surface area (Å²) in [5, 5.41) is 9.72. The molecule has 0 amide bonds. The predicted octanol–water partition coefficient (Wildman–Crippen LogP) is 2.68. The minimum absolute atomic E-state index is 0.0184. The summed E-state index contributed by atoms with van der Waals surface area (Å²) in [6, 6.07) is 12.9. The van der Waals surface area contributed by atoms with Gasteiger partial charge in [-0.1, -0.05) is 24.3 Å². The Morgan fingerprint density at radius 2 is 1.96 bits per heavy atom. The van der Waals surface area contributed by atoms with Crippen molar-refractivity contribution in [1.29, 1.82) is 0 Å². The number of hydrogen-bond donors (Lipinski definition) is 1. The van der Waals surface area contributed by atoms with Crippen LogP contribution in [-0.4, -0.2) is 28.1 Å². The third kappa shape index (κ3) is 3.07. The summed E-state index contributed by atoms with van der Waals surface area (Å²) >= 11 is 0.